The fourth-order valence-corrected chi connectivity index (χ4v) is 3.79. The molecule has 156 valence electrons. The molecule has 0 bridgehead atoms. The molecule has 0 radical (unpaired) electrons. The van der Waals surface area contributed by atoms with Gasteiger partial charge in [-0.1, -0.05) is 18.9 Å². The second-order valence-corrected chi connectivity index (χ2v) is 7.50. The van der Waals surface area contributed by atoms with Crippen LogP contribution in [0.1, 0.15) is 31.2 Å². The molecule has 1 aromatic heterocycles. The summed E-state index contributed by atoms with van der Waals surface area (Å²) in [6.07, 6.45) is 5.16. The summed E-state index contributed by atoms with van der Waals surface area (Å²) in [4.78, 5) is 26.7. The molecular formula is C21H28N4O4. The Kier molecular flexibility index (Phi) is 6.10. The van der Waals surface area contributed by atoms with Gasteiger partial charge in [-0.3, -0.25) is 14.3 Å². The number of aromatic nitrogens is 2. The lowest BCUT2D eigenvalue weighted by Crippen LogP contribution is -2.38. The van der Waals surface area contributed by atoms with Gasteiger partial charge < -0.3 is 19.7 Å². The van der Waals surface area contributed by atoms with Crippen LogP contribution in [0.5, 0.6) is 11.5 Å². The van der Waals surface area contributed by atoms with E-state index in [0.29, 0.717) is 17.3 Å². The van der Waals surface area contributed by atoms with Crippen molar-refractivity contribution in [3.05, 3.63) is 36.0 Å². The van der Waals surface area contributed by atoms with Gasteiger partial charge in [0.05, 0.1) is 19.6 Å². The van der Waals surface area contributed by atoms with Gasteiger partial charge in [-0.05, 0) is 30.5 Å². The molecule has 0 unspecified atom stereocenters. The summed E-state index contributed by atoms with van der Waals surface area (Å²) in [5.74, 6) is 1.52. The molecule has 2 aromatic rings. The van der Waals surface area contributed by atoms with E-state index in [1.165, 1.54) is 9.58 Å². The summed E-state index contributed by atoms with van der Waals surface area (Å²) in [6, 6.07) is 7.36. The number of nitrogens with one attached hydrogen (secondary N) is 1. The Morgan fingerprint density at radius 2 is 1.83 bits per heavy atom. The van der Waals surface area contributed by atoms with Crippen molar-refractivity contribution >= 4 is 17.6 Å². The minimum absolute atomic E-state index is 0.0661. The number of methoxy groups -OCH3 is 2. The molecule has 1 aliphatic carbocycles. The number of carbonyl (C=O) groups is 2. The third kappa shape index (κ3) is 4.21. The van der Waals surface area contributed by atoms with Crippen LogP contribution < -0.4 is 14.8 Å². The highest BCUT2D eigenvalue weighted by molar-refractivity contribution is 5.99. The molecule has 2 amide bonds. The summed E-state index contributed by atoms with van der Waals surface area (Å²) >= 11 is 0. The van der Waals surface area contributed by atoms with Crippen molar-refractivity contribution in [2.75, 3.05) is 33.6 Å². The number of ether oxygens (including phenoxy) is 2. The van der Waals surface area contributed by atoms with E-state index in [-0.39, 0.29) is 18.4 Å². The van der Waals surface area contributed by atoms with E-state index in [0.717, 1.165) is 31.2 Å². The fraction of sp³-hybridized carbons (Fsp3) is 0.476. The predicted molar refractivity (Wildman–Crippen MR) is 109 cm³/mol. The maximum Gasteiger partial charge on any atom is 0.243 e. The van der Waals surface area contributed by atoms with Gasteiger partial charge in [0.15, 0.2) is 17.3 Å². The van der Waals surface area contributed by atoms with Crippen LogP contribution in [-0.4, -0.2) is 54.8 Å². The van der Waals surface area contributed by atoms with Crippen LogP contribution in [-0.2, 0) is 21.5 Å². The van der Waals surface area contributed by atoms with Gasteiger partial charge >= 0.3 is 0 Å². The first-order chi connectivity index (χ1) is 13.9. The van der Waals surface area contributed by atoms with Crippen LogP contribution in [0.25, 0.3) is 0 Å². The fourth-order valence-electron chi connectivity index (χ4n) is 3.79. The minimum Gasteiger partial charge on any atom is -0.493 e. The zero-order valence-electron chi connectivity index (χ0n) is 17.4. The van der Waals surface area contributed by atoms with Gasteiger partial charge in [-0.2, -0.15) is 5.10 Å². The molecule has 3 rings (SSSR count). The van der Waals surface area contributed by atoms with Crippen LogP contribution in [0.15, 0.2) is 30.5 Å². The molecular weight excluding hydrogens is 372 g/mol. The average molecular weight is 400 g/mol. The van der Waals surface area contributed by atoms with E-state index in [1.54, 1.807) is 40.6 Å². The number of nitrogens with zero attached hydrogens (tertiary/aromatic N) is 3. The van der Waals surface area contributed by atoms with E-state index in [2.05, 4.69) is 10.4 Å². The SMILES string of the molecule is COc1ccc(C2(C(=O)Nc3ccn(CC(=O)N(C)C)n3)CCCC2)cc1OC. The topological polar surface area (TPSA) is 85.7 Å². The van der Waals surface area contributed by atoms with E-state index >= 15 is 0 Å². The third-order valence-electron chi connectivity index (χ3n) is 5.51. The lowest BCUT2D eigenvalue weighted by molar-refractivity contribution is -0.129. The van der Waals surface area contributed by atoms with Crippen molar-refractivity contribution in [2.45, 2.75) is 37.6 Å². The second kappa shape index (κ2) is 8.55. The molecule has 0 atom stereocenters. The van der Waals surface area contributed by atoms with Crippen LogP contribution in [0, 0.1) is 0 Å². The smallest absolute Gasteiger partial charge is 0.243 e. The van der Waals surface area contributed by atoms with E-state index in [4.69, 9.17) is 9.47 Å². The normalized spacial score (nSPS) is 15.0. The Labute approximate surface area is 170 Å². The Hall–Kier alpha value is -3.03. The van der Waals surface area contributed by atoms with Gasteiger partial charge in [0.25, 0.3) is 0 Å². The molecule has 1 aromatic carbocycles. The molecule has 0 aliphatic heterocycles. The monoisotopic (exact) mass is 400 g/mol. The summed E-state index contributed by atoms with van der Waals surface area (Å²) in [5.41, 5.74) is 0.273. The van der Waals surface area contributed by atoms with Gasteiger partial charge in [0.2, 0.25) is 11.8 Å². The highest BCUT2D eigenvalue weighted by atomic mass is 16.5. The molecule has 1 aliphatic rings. The van der Waals surface area contributed by atoms with Crippen molar-refractivity contribution in [3.8, 4) is 11.5 Å². The number of hydrogen-bond donors (Lipinski definition) is 1. The van der Waals surface area contributed by atoms with Crippen molar-refractivity contribution in [1.29, 1.82) is 0 Å². The standard InChI is InChI=1S/C21H28N4O4/c1-24(2)19(26)14-25-12-9-18(23-25)22-20(27)21(10-5-6-11-21)15-7-8-16(28-3)17(13-15)29-4/h7-9,12-13H,5-6,10-11,14H2,1-4H3,(H,22,23,27). The summed E-state index contributed by atoms with van der Waals surface area (Å²) in [7, 11) is 6.57. The minimum atomic E-state index is -0.636. The zero-order valence-corrected chi connectivity index (χ0v) is 17.4. The first-order valence-corrected chi connectivity index (χ1v) is 9.67. The first kappa shape index (κ1) is 20.7. The number of likely N-dealkylation sites (N-methyl/N-ethyl adjacent to an activating group) is 1. The molecule has 8 heteroatoms. The summed E-state index contributed by atoms with van der Waals surface area (Å²) in [6.45, 7) is 0.129. The maximum absolute atomic E-state index is 13.3. The van der Waals surface area contributed by atoms with Crippen LogP contribution in [0.3, 0.4) is 0 Å². The molecule has 29 heavy (non-hydrogen) atoms. The van der Waals surface area contributed by atoms with Gasteiger partial charge in [0.1, 0.15) is 6.54 Å². The lowest BCUT2D eigenvalue weighted by Gasteiger charge is -2.28. The lowest BCUT2D eigenvalue weighted by atomic mass is 9.78. The number of rotatable bonds is 7. The first-order valence-electron chi connectivity index (χ1n) is 9.67. The largest absolute Gasteiger partial charge is 0.493 e. The van der Waals surface area contributed by atoms with E-state index in [1.807, 2.05) is 18.2 Å². The number of hydrogen-bond acceptors (Lipinski definition) is 5. The Morgan fingerprint density at radius 1 is 1.14 bits per heavy atom. The predicted octanol–water partition coefficient (Wildman–Crippen LogP) is 2.44. The Bertz CT molecular complexity index is 885. The number of carbonyl (C=O) groups excluding carboxylic acids is 2. The van der Waals surface area contributed by atoms with E-state index in [9.17, 15) is 9.59 Å². The zero-order chi connectivity index (χ0) is 21.0. The van der Waals surface area contributed by atoms with Gasteiger partial charge in [-0.25, -0.2) is 0 Å². The molecule has 1 fully saturated rings. The van der Waals surface area contributed by atoms with Crippen molar-refractivity contribution < 1.29 is 19.1 Å². The number of benzene rings is 1. The molecule has 8 nitrogen and oxygen atoms in total. The maximum atomic E-state index is 13.3. The molecule has 1 N–H and O–H groups in total. The molecule has 0 saturated heterocycles. The highest BCUT2D eigenvalue weighted by Gasteiger charge is 2.43. The van der Waals surface area contributed by atoms with E-state index < -0.39 is 5.41 Å². The van der Waals surface area contributed by atoms with Crippen LogP contribution in [0.2, 0.25) is 0 Å². The molecule has 1 saturated carbocycles. The molecule has 0 spiro atoms. The van der Waals surface area contributed by atoms with Crippen LogP contribution >= 0.6 is 0 Å². The average Bonchev–Trinajstić information content (AvgIpc) is 3.37. The van der Waals surface area contributed by atoms with Crippen molar-refractivity contribution in [2.24, 2.45) is 0 Å². The van der Waals surface area contributed by atoms with Gasteiger partial charge in [-0.15, -0.1) is 0 Å². The number of amides is 2. The van der Waals surface area contributed by atoms with Crippen LogP contribution in [0.4, 0.5) is 5.82 Å². The second-order valence-electron chi connectivity index (χ2n) is 7.50. The number of anilines is 1. The van der Waals surface area contributed by atoms with Crippen molar-refractivity contribution in [3.63, 3.8) is 0 Å². The quantitative estimate of drug-likeness (QED) is 0.772. The Morgan fingerprint density at radius 3 is 2.45 bits per heavy atom. The Balaban J connectivity index is 1.82. The summed E-state index contributed by atoms with van der Waals surface area (Å²) in [5, 5.41) is 7.27. The molecule has 1 heterocycles. The third-order valence-corrected chi connectivity index (χ3v) is 5.51. The van der Waals surface area contributed by atoms with Gasteiger partial charge in [0, 0.05) is 26.4 Å². The van der Waals surface area contributed by atoms with Crippen molar-refractivity contribution in [1.82, 2.24) is 14.7 Å². The highest BCUT2D eigenvalue weighted by Crippen LogP contribution is 2.44. The summed E-state index contributed by atoms with van der Waals surface area (Å²) < 4.78 is 12.3.